The number of carbonyl (C=O) groups excluding carboxylic acids is 1. The molecule has 1 N–H and O–H groups in total. The van der Waals surface area contributed by atoms with E-state index in [9.17, 15) is 4.79 Å². The van der Waals surface area contributed by atoms with Gasteiger partial charge < -0.3 is 5.32 Å². The van der Waals surface area contributed by atoms with Gasteiger partial charge in [-0.15, -0.1) is 0 Å². The molecule has 0 aromatic heterocycles. The van der Waals surface area contributed by atoms with Gasteiger partial charge in [-0.05, 0) is 55.5 Å². The van der Waals surface area contributed by atoms with E-state index in [1.54, 1.807) is 6.20 Å². The van der Waals surface area contributed by atoms with Crippen molar-refractivity contribution in [3.8, 4) is 0 Å². The van der Waals surface area contributed by atoms with Crippen LogP contribution in [-0.2, 0) is 4.79 Å². The molecule has 0 saturated carbocycles. The van der Waals surface area contributed by atoms with E-state index < -0.39 is 0 Å². The summed E-state index contributed by atoms with van der Waals surface area (Å²) >= 11 is 0. The first-order chi connectivity index (χ1) is 14.2. The monoisotopic (exact) mass is 381 g/mol. The molecule has 29 heavy (non-hydrogen) atoms. The first kappa shape index (κ1) is 18.3. The van der Waals surface area contributed by atoms with Gasteiger partial charge in [0.25, 0.3) is 5.91 Å². The highest BCUT2D eigenvalue weighted by atomic mass is 16.2. The predicted molar refractivity (Wildman–Crippen MR) is 116 cm³/mol. The lowest BCUT2D eigenvalue weighted by Gasteiger charge is -2.11. The number of hydrogen-bond acceptors (Lipinski definition) is 5. The third-order valence-corrected chi connectivity index (χ3v) is 4.35. The second kappa shape index (κ2) is 8.31. The van der Waals surface area contributed by atoms with Crippen molar-refractivity contribution in [1.82, 2.24) is 0 Å². The van der Waals surface area contributed by atoms with Crippen LogP contribution in [0.3, 0.4) is 0 Å². The van der Waals surface area contributed by atoms with Crippen LogP contribution >= 0.6 is 0 Å². The van der Waals surface area contributed by atoms with Crippen LogP contribution in [0.5, 0.6) is 0 Å². The molecular weight excluding hydrogens is 362 g/mol. The van der Waals surface area contributed by atoms with E-state index in [0.29, 0.717) is 11.3 Å². The van der Waals surface area contributed by atoms with E-state index in [-0.39, 0.29) is 5.91 Å². The summed E-state index contributed by atoms with van der Waals surface area (Å²) in [5.41, 5.74) is 4.33. The van der Waals surface area contributed by atoms with E-state index in [0.717, 1.165) is 22.7 Å². The van der Waals surface area contributed by atoms with Gasteiger partial charge >= 0.3 is 0 Å². The molecule has 0 spiro atoms. The largest absolute Gasteiger partial charge is 0.361 e. The summed E-state index contributed by atoms with van der Waals surface area (Å²) < 4.78 is 0. The molecule has 0 aliphatic carbocycles. The molecule has 0 bridgehead atoms. The molecule has 3 aromatic rings. The Labute approximate surface area is 168 Å². The van der Waals surface area contributed by atoms with Gasteiger partial charge in [0.2, 0.25) is 0 Å². The minimum absolute atomic E-state index is 0.158. The van der Waals surface area contributed by atoms with Crippen LogP contribution in [0, 0.1) is 0 Å². The molecule has 0 radical (unpaired) electrons. The maximum atomic E-state index is 12.7. The van der Waals surface area contributed by atoms with Gasteiger partial charge in [0.05, 0.1) is 28.3 Å². The number of anilines is 2. The number of rotatable bonds is 5. The molecule has 4 rings (SSSR count). The van der Waals surface area contributed by atoms with Crippen LogP contribution < -0.4 is 10.3 Å². The Morgan fingerprint density at radius 3 is 2.07 bits per heavy atom. The molecule has 1 heterocycles. The summed E-state index contributed by atoms with van der Waals surface area (Å²) in [5, 5.41) is 17.4. The van der Waals surface area contributed by atoms with E-state index in [4.69, 9.17) is 0 Å². The smallest absolute Gasteiger partial charge is 0.282 e. The summed E-state index contributed by atoms with van der Waals surface area (Å²) in [6.45, 7) is 1.82. The van der Waals surface area contributed by atoms with Crippen molar-refractivity contribution in [2.75, 3.05) is 10.3 Å². The summed E-state index contributed by atoms with van der Waals surface area (Å²) in [7, 11) is 0. The van der Waals surface area contributed by atoms with Crippen molar-refractivity contribution in [2.45, 2.75) is 6.92 Å². The lowest BCUT2D eigenvalue weighted by Crippen LogP contribution is -2.21. The Kier molecular flexibility index (Phi) is 5.25. The van der Waals surface area contributed by atoms with Gasteiger partial charge in [0.1, 0.15) is 0 Å². The fraction of sp³-hybridized carbons (Fsp3) is 0.0435. The van der Waals surface area contributed by atoms with Crippen LogP contribution in [0.2, 0.25) is 0 Å². The number of hydrogen-bond donors (Lipinski definition) is 1. The molecule has 1 amide bonds. The molecule has 6 heteroatoms. The van der Waals surface area contributed by atoms with Crippen LogP contribution in [0.1, 0.15) is 6.92 Å². The normalized spacial score (nSPS) is 15.2. The van der Waals surface area contributed by atoms with Gasteiger partial charge in [-0.25, -0.2) is 0 Å². The average Bonchev–Trinajstić information content (AvgIpc) is 3.06. The number of hydrazone groups is 1. The number of benzene rings is 3. The molecule has 1 aliphatic rings. The Morgan fingerprint density at radius 1 is 0.828 bits per heavy atom. The molecule has 142 valence electrons. The van der Waals surface area contributed by atoms with Crippen LogP contribution in [0.25, 0.3) is 0 Å². The third-order valence-electron chi connectivity index (χ3n) is 4.35. The van der Waals surface area contributed by atoms with Crippen molar-refractivity contribution in [1.29, 1.82) is 0 Å². The maximum Gasteiger partial charge on any atom is 0.282 e. The number of amides is 1. The van der Waals surface area contributed by atoms with E-state index in [2.05, 4.69) is 20.6 Å². The van der Waals surface area contributed by atoms with Crippen molar-refractivity contribution in [3.05, 3.63) is 96.7 Å². The van der Waals surface area contributed by atoms with E-state index in [1.165, 1.54) is 5.01 Å². The fourth-order valence-electron chi connectivity index (χ4n) is 2.82. The Hall–Kier alpha value is -4.06. The first-order valence-electron chi connectivity index (χ1n) is 9.19. The van der Waals surface area contributed by atoms with Crippen LogP contribution in [0.15, 0.2) is 112 Å². The van der Waals surface area contributed by atoms with Crippen molar-refractivity contribution >= 4 is 34.4 Å². The van der Waals surface area contributed by atoms with Gasteiger partial charge in [0, 0.05) is 11.9 Å². The van der Waals surface area contributed by atoms with Crippen molar-refractivity contribution in [3.63, 3.8) is 0 Å². The van der Waals surface area contributed by atoms with Crippen LogP contribution in [-0.4, -0.2) is 11.6 Å². The Morgan fingerprint density at radius 2 is 1.41 bits per heavy atom. The van der Waals surface area contributed by atoms with E-state index >= 15 is 0 Å². The average molecular weight is 381 g/mol. The Bertz CT molecular complexity index is 1090. The number of azo groups is 1. The predicted octanol–water partition coefficient (Wildman–Crippen LogP) is 5.82. The molecule has 0 atom stereocenters. The highest BCUT2D eigenvalue weighted by Crippen LogP contribution is 2.24. The number of carbonyl (C=O) groups is 1. The molecular formula is C23H19N5O. The second-order valence-corrected chi connectivity index (χ2v) is 6.42. The molecule has 0 fully saturated rings. The van der Waals surface area contributed by atoms with Crippen molar-refractivity contribution in [2.24, 2.45) is 15.3 Å². The quantitative estimate of drug-likeness (QED) is 0.447. The number of nitrogens with zero attached hydrogens (tertiary/aromatic N) is 4. The zero-order valence-corrected chi connectivity index (χ0v) is 15.9. The first-order valence-corrected chi connectivity index (χ1v) is 9.19. The van der Waals surface area contributed by atoms with Gasteiger partial charge in [-0.1, -0.05) is 36.4 Å². The number of para-hydroxylation sites is 1. The van der Waals surface area contributed by atoms with Crippen LogP contribution in [0.4, 0.5) is 22.7 Å². The van der Waals surface area contributed by atoms with E-state index in [1.807, 2.05) is 91.9 Å². The molecule has 3 aromatic carbocycles. The van der Waals surface area contributed by atoms with Gasteiger partial charge in [0.15, 0.2) is 0 Å². The number of nitrogens with one attached hydrogen (secondary N) is 1. The van der Waals surface area contributed by atoms with Gasteiger partial charge in [-0.2, -0.15) is 20.3 Å². The maximum absolute atomic E-state index is 12.7. The summed E-state index contributed by atoms with van der Waals surface area (Å²) in [4.78, 5) is 12.7. The fourth-order valence-corrected chi connectivity index (χ4v) is 2.82. The summed E-state index contributed by atoms with van der Waals surface area (Å²) in [5.74, 6) is -0.158. The lowest BCUT2D eigenvalue weighted by molar-refractivity contribution is -0.114. The highest BCUT2D eigenvalue weighted by molar-refractivity contribution is 6.29. The topological polar surface area (TPSA) is 69.4 Å². The summed E-state index contributed by atoms with van der Waals surface area (Å²) in [6, 6.07) is 26.4. The minimum atomic E-state index is -0.158. The molecule has 0 unspecified atom stereocenters. The SMILES string of the molecule is CC1=NN(c2ccccc2)C(=O)C1=CNc1ccc(N=Nc2ccccc2)cc1. The molecule has 6 nitrogen and oxygen atoms in total. The minimum Gasteiger partial charge on any atom is -0.361 e. The highest BCUT2D eigenvalue weighted by Gasteiger charge is 2.28. The summed E-state index contributed by atoms with van der Waals surface area (Å²) in [6.07, 6.45) is 1.69. The molecule has 1 aliphatic heterocycles. The molecule has 0 saturated heterocycles. The van der Waals surface area contributed by atoms with Gasteiger partial charge in [-0.3, -0.25) is 4.79 Å². The Balaban J connectivity index is 1.43. The zero-order chi connectivity index (χ0) is 20.1. The lowest BCUT2D eigenvalue weighted by atomic mass is 10.2. The third kappa shape index (κ3) is 4.27. The zero-order valence-electron chi connectivity index (χ0n) is 15.9. The van der Waals surface area contributed by atoms with Crippen molar-refractivity contribution < 1.29 is 4.79 Å². The standard InChI is InChI=1S/C23H19N5O/c1-17-22(23(29)28(27-17)21-10-6-3-7-11-21)16-24-18-12-14-20(15-13-18)26-25-19-8-4-2-5-9-19/h2-16,24H,1H3. The second-order valence-electron chi connectivity index (χ2n) is 6.42.